The maximum atomic E-state index is 13.4. The lowest BCUT2D eigenvalue weighted by Gasteiger charge is -2.38. The first-order valence-corrected chi connectivity index (χ1v) is 12.3. The number of carbonyl (C=O) groups is 2. The van der Waals surface area contributed by atoms with E-state index in [1.807, 2.05) is 17.0 Å². The Hall–Kier alpha value is -2.66. The number of nitrogens with one attached hydrogen (secondary N) is 1. The van der Waals surface area contributed by atoms with Crippen LogP contribution >= 0.6 is 0 Å². The lowest BCUT2D eigenvalue weighted by Crippen LogP contribution is -2.55. The lowest BCUT2D eigenvalue weighted by molar-refractivity contribution is -0.142. The van der Waals surface area contributed by atoms with Crippen LogP contribution in [0.15, 0.2) is 48.5 Å². The van der Waals surface area contributed by atoms with Crippen molar-refractivity contribution in [3.05, 3.63) is 70.8 Å². The Labute approximate surface area is 198 Å². The molecule has 0 spiro atoms. The number of amides is 2. The molecule has 2 amide bonds. The van der Waals surface area contributed by atoms with Gasteiger partial charge in [0.05, 0.1) is 0 Å². The minimum Gasteiger partial charge on any atom is -0.351 e. The van der Waals surface area contributed by atoms with Crippen molar-refractivity contribution in [2.24, 2.45) is 5.92 Å². The molecule has 1 unspecified atom stereocenters. The molecule has 2 aliphatic heterocycles. The highest BCUT2D eigenvalue weighted by atomic mass is 16.2. The fourth-order valence-electron chi connectivity index (χ4n) is 5.05. The second kappa shape index (κ2) is 10.5. The van der Waals surface area contributed by atoms with Gasteiger partial charge in [0.15, 0.2) is 0 Å². The Morgan fingerprint density at radius 2 is 1.67 bits per heavy atom. The van der Waals surface area contributed by atoms with E-state index in [9.17, 15) is 9.59 Å². The summed E-state index contributed by atoms with van der Waals surface area (Å²) in [5.74, 6) is 0.350. The summed E-state index contributed by atoms with van der Waals surface area (Å²) in [4.78, 5) is 30.7. The maximum Gasteiger partial charge on any atom is 0.243 e. The molecule has 1 N–H and O–H groups in total. The molecule has 0 aromatic heterocycles. The first-order chi connectivity index (χ1) is 15.9. The molecule has 5 heteroatoms. The summed E-state index contributed by atoms with van der Waals surface area (Å²) >= 11 is 0. The van der Waals surface area contributed by atoms with Gasteiger partial charge in [0, 0.05) is 45.1 Å². The largest absolute Gasteiger partial charge is 0.351 e. The van der Waals surface area contributed by atoms with E-state index in [4.69, 9.17) is 0 Å². The highest BCUT2D eigenvalue weighted by molar-refractivity contribution is 5.88. The quantitative estimate of drug-likeness (QED) is 0.726. The predicted octanol–water partition coefficient (Wildman–Crippen LogP) is 4.08. The third kappa shape index (κ3) is 5.83. The van der Waals surface area contributed by atoms with Crippen LogP contribution in [-0.4, -0.2) is 46.8 Å². The molecule has 5 nitrogen and oxygen atoms in total. The third-order valence-corrected chi connectivity index (χ3v) is 7.04. The van der Waals surface area contributed by atoms with Crippen LogP contribution in [0.1, 0.15) is 55.4 Å². The van der Waals surface area contributed by atoms with Crippen molar-refractivity contribution in [3.63, 3.8) is 0 Å². The van der Waals surface area contributed by atoms with E-state index in [-0.39, 0.29) is 23.8 Å². The minimum atomic E-state index is -0.420. The second-order valence-electron chi connectivity index (χ2n) is 10.1. The van der Waals surface area contributed by atoms with E-state index in [0.29, 0.717) is 19.4 Å². The fourth-order valence-corrected chi connectivity index (χ4v) is 5.05. The summed E-state index contributed by atoms with van der Waals surface area (Å²) in [6.07, 6.45) is 2.96. The maximum absolute atomic E-state index is 13.4. The molecule has 1 atom stereocenters. The normalized spacial score (nSPS) is 19.4. The highest BCUT2D eigenvalue weighted by Crippen LogP contribution is 2.25. The van der Waals surface area contributed by atoms with Crippen LogP contribution in [0.4, 0.5) is 0 Å². The van der Waals surface area contributed by atoms with Crippen molar-refractivity contribution in [1.29, 1.82) is 0 Å². The molecule has 1 fully saturated rings. The van der Waals surface area contributed by atoms with Crippen LogP contribution in [0.5, 0.6) is 0 Å². The van der Waals surface area contributed by atoms with Crippen molar-refractivity contribution in [2.75, 3.05) is 13.1 Å². The average Bonchev–Trinajstić information content (AvgIpc) is 2.80. The molecule has 1 saturated heterocycles. The number of piperidine rings is 1. The highest BCUT2D eigenvalue weighted by Gasteiger charge is 2.35. The van der Waals surface area contributed by atoms with Gasteiger partial charge in [-0.25, -0.2) is 0 Å². The van der Waals surface area contributed by atoms with E-state index >= 15 is 0 Å². The van der Waals surface area contributed by atoms with Crippen molar-refractivity contribution in [3.8, 4) is 0 Å². The number of nitrogens with zero attached hydrogens (tertiary/aromatic N) is 2. The molecule has 0 saturated carbocycles. The summed E-state index contributed by atoms with van der Waals surface area (Å²) < 4.78 is 0. The summed E-state index contributed by atoms with van der Waals surface area (Å²) in [5, 5.41) is 3.29. The Balaban J connectivity index is 1.37. The van der Waals surface area contributed by atoms with Crippen LogP contribution < -0.4 is 5.32 Å². The molecule has 2 aromatic carbocycles. The van der Waals surface area contributed by atoms with Crippen LogP contribution in [0.2, 0.25) is 0 Å². The molecule has 4 rings (SSSR count). The first kappa shape index (κ1) is 23.5. The predicted molar refractivity (Wildman–Crippen MR) is 132 cm³/mol. The molecule has 2 aliphatic rings. The van der Waals surface area contributed by atoms with Gasteiger partial charge >= 0.3 is 0 Å². The number of fused-ring (bicyclic) bond motifs is 1. The zero-order chi connectivity index (χ0) is 23.4. The number of hydrogen-bond donors (Lipinski definition) is 1. The topological polar surface area (TPSA) is 52.7 Å². The Kier molecular flexibility index (Phi) is 7.49. The Bertz CT molecular complexity index is 979. The molecular weight excluding hydrogens is 410 g/mol. The van der Waals surface area contributed by atoms with E-state index in [1.54, 1.807) is 0 Å². The van der Waals surface area contributed by atoms with Gasteiger partial charge in [0.1, 0.15) is 6.04 Å². The fraction of sp³-hybridized carbons (Fsp3) is 0.500. The summed E-state index contributed by atoms with van der Waals surface area (Å²) in [7, 11) is 0. The average molecular weight is 448 g/mol. The van der Waals surface area contributed by atoms with Crippen molar-refractivity contribution >= 4 is 11.8 Å². The van der Waals surface area contributed by atoms with Crippen molar-refractivity contribution in [1.82, 2.24) is 15.1 Å². The number of benzene rings is 2. The van der Waals surface area contributed by atoms with Gasteiger partial charge < -0.3 is 10.2 Å². The summed E-state index contributed by atoms with van der Waals surface area (Å²) in [6.45, 7) is 9.70. The molecule has 2 aromatic rings. The molecule has 33 heavy (non-hydrogen) atoms. The van der Waals surface area contributed by atoms with Gasteiger partial charge in [0.2, 0.25) is 11.8 Å². The molecule has 0 aliphatic carbocycles. The van der Waals surface area contributed by atoms with Crippen molar-refractivity contribution in [2.45, 2.75) is 71.6 Å². The molecule has 0 bridgehead atoms. The Morgan fingerprint density at radius 1 is 1.00 bits per heavy atom. The van der Waals surface area contributed by atoms with Gasteiger partial charge in [-0.1, -0.05) is 62.4 Å². The summed E-state index contributed by atoms with van der Waals surface area (Å²) in [6, 6.07) is 16.5. The lowest BCUT2D eigenvalue weighted by atomic mass is 9.92. The van der Waals surface area contributed by atoms with Gasteiger partial charge in [-0.3, -0.25) is 14.5 Å². The van der Waals surface area contributed by atoms with Gasteiger partial charge in [-0.15, -0.1) is 0 Å². The number of aryl methyl sites for hydroxylation is 1. The van der Waals surface area contributed by atoms with Gasteiger partial charge in [0.25, 0.3) is 0 Å². The van der Waals surface area contributed by atoms with Gasteiger partial charge in [-0.2, -0.15) is 0 Å². The van der Waals surface area contributed by atoms with E-state index in [2.05, 4.69) is 67.4 Å². The third-order valence-electron chi connectivity index (χ3n) is 7.04. The monoisotopic (exact) mass is 447 g/mol. The number of hydrogen-bond acceptors (Lipinski definition) is 3. The number of carbonyl (C=O) groups excluding carboxylic acids is 2. The molecule has 2 heterocycles. The smallest absolute Gasteiger partial charge is 0.243 e. The molecule has 0 radical (unpaired) electrons. The van der Waals surface area contributed by atoms with E-state index in [1.165, 1.54) is 16.7 Å². The molecular formula is C28H37N3O2. The zero-order valence-corrected chi connectivity index (χ0v) is 20.2. The minimum absolute atomic E-state index is 0.000960. The van der Waals surface area contributed by atoms with Crippen molar-refractivity contribution < 1.29 is 9.59 Å². The van der Waals surface area contributed by atoms with Crippen LogP contribution in [0.3, 0.4) is 0 Å². The number of rotatable bonds is 6. The molecule has 176 valence electrons. The van der Waals surface area contributed by atoms with Crippen LogP contribution in [0.25, 0.3) is 0 Å². The summed E-state index contributed by atoms with van der Waals surface area (Å²) in [5.41, 5.74) is 5.04. The SMILES string of the molecule is Cc1ccccc1CN1CCC(NC(=O)C2Cc3ccccc3CN2C(=O)CC(C)C)CC1. The van der Waals surface area contributed by atoms with E-state index in [0.717, 1.165) is 38.0 Å². The first-order valence-electron chi connectivity index (χ1n) is 12.3. The standard InChI is InChI=1S/C28H37N3O2/c1-20(2)16-27(32)31-19-24-11-7-6-9-22(24)17-26(31)28(33)29-25-12-14-30(15-13-25)18-23-10-5-4-8-21(23)3/h4-11,20,25-26H,12-19H2,1-3H3,(H,29,33). The zero-order valence-electron chi connectivity index (χ0n) is 20.2. The Morgan fingerprint density at radius 3 is 2.36 bits per heavy atom. The van der Waals surface area contributed by atoms with Crippen LogP contribution in [0, 0.1) is 12.8 Å². The van der Waals surface area contributed by atoms with Gasteiger partial charge in [-0.05, 0) is 47.9 Å². The number of likely N-dealkylation sites (tertiary alicyclic amines) is 1. The van der Waals surface area contributed by atoms with Crippen LogP contribution in [-0.2, 0) is 29.1 Å². The second-order valence-corrected chi connectivity index (χ2v) is 10.1. The van der Waals surface area contributed by atoms with E-state index < -0.39 is 6.04 Å².